The van der Waals surface area contributed by atoms with E-state index in [0.29, 0.717) is 41.7 Å². The third kappa shape index (κ3) is 4.42. The minimum Gasteiger partial charge on any atom is -0.494 e. The number of nitrogens with zero attached hydrogens (tertiary/aromatic N) is 3. The second-order valence-corrected chi connectivity index (χ2v) is 11.4. The van der Waals surface area contributed by atoms with E-state index < -0.39 is 35.6 Å². The molecule has 1 spiro atoms. The number of carbonyl (C=O) groups excluding carboxylic acids is 3. The summed E-state index contributed by atoms with van der Waals surface area (Å²) in [6.45, 7) is 4.55. The van der Waals surface area contributed by atoms with Crippen molar-refractivity contribution < 1.29 is 29.0 Å². The molecule has 2 aromatic rings. The van der Waals surface area contributed by atoms with Gasteiger partial charge in [-0.1, -0.05) is 42.8 Å². The number of amides is 3. The molecule has 2 fully saturated rings. The number of ether oxygens (including phenoxy) is 2. The fraction of sp³-hybridized carbons (Fsp3) is 0.406. The number of carbonyl (C=O) groups is 3. The van der Waals surface area contributed by atoms with Crippen LogP contribution in [0.4, 0.5) is 11.4 Å². The lowest BCUT2D eigenvalue weighted by Crippen LogP contribution is -2.58. The lowest BCUT2D eigenvalue weighted by atomic mass is 9.77. The van der Waals surface area contributed by atoms with Gasteiger partial charge in [-0.15, -0.1) is 0 Å². The summed E-state index contributed by atoms with van der Waals surface area (Å²) in [5, 5.41) is 10.9. The van der Waals surface area contributed by atoms with Crippen LogP contribution in [-0.2, 0) is 19.1 Å². The summed E-state index contributed by atoms with van der Waals surface area (Å²) in [6.07, 6.45) is 7.08. The average molecular weight is 592 g/mol. The van der Waals surface area contributed by atoms with E-state index >= 15 is 0 Å². The van der Waals surface area contributed by atoms with E-state index in [2.05, 4.69) is 0 Å². The molecule has 6 rings (SSSR count). The minimum atomic E-state index is -1.38. The second-order valence-electron chi connectivity index (χ2n) is 11.0. The molecule has 2 aromatic carbocycles. The van der Waals surface area contributed by atoms with Crippen LogP contribution < -0.4 is 14.5 Å². The van der Waals surface area contributed by atoms with Crippen molar-refractivity contribution in [1.29, 1.82) is 0 Å². The van der Waals surface area contributed by atoms with E-state index in [0.717, 1.165) is 0 Å². The highest BCUT2D eigenvalue weighted by molar-refractivity contribution is 6.30. The van der Waals surface area contributed by atoms with Crippen molar-refractivity contribution in [2.45, 2.75) is 44.1 Å². The van der Waals surface area contributed by atoms with Gasteiger partial charge in [0.25, 0.3) is 5.91 Å². The highest BCUT2D eigenvalue weighted by Gasteiger charge is 2.72. The van der Waals surface area contributed by atoms with Gasteiger partial charge in [-0.25, -0.2) is 0 Å². The van der Waals surface area contributed by atoms with Crippen molar-refractivity contribution in [3.63, 3.8) is 0 Å². The number of aliphatic hydroxyl groups excluding tert-OH is 1. The molecule has 1 N–H and O–H groups in total. The van der Waals surface area contributed by atoms with Crippen LogP contribution >= 0.6 is 11.6 Å². The number of likely N-dealkylation sites (tertiary alicyclic amines) is 1. The zero-order chi connectivity index (χ0) is 29.6. The first-order valence-electron chi connectivity index (χ1n) is 14.4. The zero-order valence-electron chi connectivity index (χ0n) is 23.6. The van der Waals surface area contributed by atoms with Crippen LogP contribution in [0.15, 0.2) is 72.8 Å². The summed E-state index contributed by atoms with van der Waals surface area (Å²) >= 11 is 6.11. The Bertz CT molecular complexity index is 1420. The lowest BCUT2D eigenvalue weighted by molar-refractivity contribution is -0.144. The Balaban J connectivity index is 1.42. The van der Waals surface area contributed by atoms with Gasteiger partial charge in [0.2, 0.25) is 11.8 Å². The molecule has 0 aliphatic carbocycles. The quantitative estimate of drug-likeness (QED) is 0.494. The molecular formula is C32H34ClN3O6. The van der Waals surface area contributed by atoms with E-state index in [1.807, 2.05) is 56.3 Å². The van der Waals surface area contributed by atoms with Gasteiger partial charge in [0.05, 0.1) is 37.2 Å². The largest absolute Gasteiger partial charge is 0.494 e. The maximum Gasteiger partial charge on any atom is 0.253 e. The molecule has 0 aromatic heterocycles. The molecule has 3 amide bonds. The van der Waals surface area contributed by atoms with Crippen LogP contribution in [0.5, 0.6) is 5.75 Å². The number of hydrogen-bond donors (Lipinski definition) is 1. The number of rotatable bonds is 7. The monoisotopic (exact) mass is 591 g/mol. The number of anilines is 2. The number of halogens is 1. The van der Waals surface area contributed by atoms with Crippen molar-refractivity contribution in [3.8, 4) is 5.75 Å². The highest BCUT2D eigenvalue weighted by atomic mass is 35.5. The third-order valence-corrected chi connectivity index (χ3v) is 9.02. The Morgan fingerprint density at radius 1 is 0.952 bits per heavy atom. The predicted octanol–water partition coefficient (Wildman–Crippen LogP) is 3.60. The smallest absolute Gasteiger partial charge is 0.253 e. The van der Waals surface area contributed by atoms with E-state index in [-0.39, 0.29) is 30.9 Å². The molecule has 4 aliphatic rings. The van der Waals surface area contributed by atoms with Gasteiger partial charge in [-0.05, 0) is 61.9 Å². The SMILES string of the molecule is CCOc1ccc(N2CC=C[C@H]3O[C@]45C=CCN(c6ccc(Cl)cc6)C(=O)C4N([C@@H](CC)CO)C(=O)[C@@H]5[C@H]3C2=O)cc1. The van der Waals surface area contributed by atoms with Gasteiger partial charge in [0.1, 0.15) is 17.4 Å². The van der Waals surface area contributed by atoms with Crippen LogP contribution in [0.1, 0.15) is 20.3 Å². The maximum atomic E-state index is 14.4. The number of aliphatic hydroxyl groups is 1. The lowest BCUT2D eigenvalue weighted by Gasteiger charge is -2.38. The molecule has 1 unspecified atom stereocenters. The molecule has 6 atom stereocenters. The van der Waals surface area contributed by atoms with Crippen molar-refractivity contribution >= 4 is 40.7 Å². The predicted molar refractivity (Wildman–Crippen MR) is 158 cm³/mol. The highest BCUT2D eigenvalue weighted by Crippen LogP contribution is 2.54. The summed E-state index contributed by atoms with van der Waals surface area (Å²) < 4.78 is 12.3. The molecule has 42 heavy (non-hydrogen) atoms. The Hall–Kier alpha value is -3.66. The standard InChI is InChI=1S/C32H34ClN3O6/c1-3-21(19-37)36-28-31(40)35(22-10-8-20(33)9-11-22)18-6-16-32(28)27(30(36)39)26-25(42-32)7-5-17-34(29(26)38)23-12-14-24(15-13-23)41-4-2/h5-16,21,25-28,37H,3-4,17-19H2,1-2H3/t21-,25+,26-,27-,28?,32-/m0/s1. The van der Waals surface area contributed by atoms with E-state index in [1.165, 1.54) is 4.90 Å². The van der Waals surface area contributed by atoms with E-state index in [1.54, 1.807) is 40.1 Å². The summed E-state index contributed by atoms with van der Waals surface area (Å²) in [7, 11) is 0. The first-order valence-corrected chi connectivity index (χ1v) is 14.8. The fourth-order valence-corrected chi connectivity index (χ4v) is 6.98. The first kappa shape index (κ1) is 28.5. The Morgan fingerprint density at radius 3 is 2.24 bits per heavy atom. The molecule has 0 radical (unpaired) electrons. The first-order chi connectivity index (χ1) is 20.3. The molecule has 2 saturated heterocycles. The number of benzene rings is 2. The van der Waals surface area contributed by atoms with Crippen molar-refractivity contribution in [2.24, 2.45) is 11.8 Å². The molecule has 220 valence electrons. The molecule has 10 heteroatoms. The van der Waals surface area contributed by atoms with Crippen LogP contribution in [0.25, 0.3) is 0 Å². The summed E-state index contributed by atoms with van der Waals surface area (Å²) in [5.41, 5.74) is -0.0737. The summed E-state index contributed by atoms with van der Waals surface area (Å²) in [4.78, 5) is 47.9. The average Bonchev–Trinajstić information content (AvgIpc) is 3.31. The van der Waals surface area contributed by atoms with Crippen molar-refractivity contribution in [3.05, 3.63) is 77.9 Å². The van der Waals surface area contributed by atoms with Gasteiger partial charge in [0, 0.05) is 29.5 Å². The second kappa shape index (κ2) is 11.2. The van der Waals surface area contributed by atoms with Crippen molar-refractivity contribution in [1.82, 2.24) is 4.90 Å². The van der Waals surface area contributed by atoms with E-state index in [9.17, 15) is 19.5 Å². The van der Waals surface area contributed by atoms with Crippen LogP contribution in [0.3, 0.4) is 0 Å². The Kier molecular flexibility index (Phi) is 7.59. The normalized spacial score (nSPS) is 29.2. The zero-order valence-corrected chi connectivity index (χ0v) is 24.3. The maximum absolute atomic E-state index is 14.4. The molecule has 0 bridgehead atoms. The van der Waals surface area contributed by atoms with Gasteiger partial charge in [0.15, 0.2) is 0 Å². The molecular weight excluding hydrogens is 558 g/mol. The van der Waals surface area contributed by atoms with Crippen LogP contribution in [-0.4, -0.2) is 77.8 Å². The third-order valence-electron chi connectivity index (χ3n) is 8.77. The van der Waals surface area contributed by atoms with Gasteiger partial charge in [-0.3, -0.25) is 14.4 Å². The molecule has 4 heterocycles. The van der Waals surface area contributed by atoms with Gasteiger partial charge < -0.3 is 29.3 Å². The molecule has 9 nitrogen and oxygen atoms in total. The van der Waals surface area contributed by atoms with Gasteiger partial charge in [-0.2, -0.15) is 0 Å². The van der Waals surface area contributed by atoms with Crippen LogP contribution in [0, 0.1) is 11.8 Å². The molecule has 4 aliphatic heterocycles. The number of fused-ring (bicyclic) bond motifs is 2. The van der Waals surface area contributed by atoms with Crippen LogP contribution in [0.2, 0.25) is 5.02 Å². The summed E-state index contributed by atoms with van der Waals surface area (Å²) in [6, 6.07) is 12.5. The Labute approximate surface area is 249 Å². The summed E-state index contributed by atoms with van der Waals surface area (Å²) in [5.74, 6) is -2.04. The van der Waals surface area contributed by atoms with Gasteiger partial charge >= 0.3 is 0 Å². The Morgan fingerprint density at radius 2 is 1.60 bits per heavy atom. The number of hydrogen-bond acceptors (Lipinski definition) is 6. The van der Waals surface area contributed by atoms with Crippen molar-refractivity contribution in [2.75, 3.05) is 36.1 Å². The molecule has 0 saturated carbocycles. The van der Waals surface area contributed by atoms with E-state index in [4.69, 9.17) is 21.1 Å². The minimum absolute atomic E-state index is 0.248. The topological polar surface area (TPSA) is 99.6 Å². The fourth-order valence-electron chi connectivity index (χ4n) is 6.86.